The van der Waals surface area contributed by atoms with Crippen LogP contribution in [-0.2, 0) is 26.3 Å². The Balaban J connectivity index is 0. The number of fused-ring (bicyclic) bond motifs is 2. The summed E-state index contributed by atoms with van der Waals surface area (Å²) < 4.78 is 344. The fourth-order valence-electron chi connectivity index (χ4n) is 8.60. The largest absolute Gasteiger partial charge is 0.541 e. The molecule has 0 aliphatic heterocycles. The molecular formula is C75H90F30N5O13P5S-2. The fraction of sp³-hybridized carbons (Fsp3) is 0.280. The summed E-state index contributed by atoms with van der Waals surface area (Å²) in [7, 11) is -57.7. The summed E-state index contributed by atoms with van der Waals surface area (Å²) in [4.78, 5) is 58.6. The Bertz CT molecular complexity index is 5000. The maximum absolute atomic E-state index is 11.6. The first-order valence-corrected chi connectivity index (χ1v) is 47.8. The molecule has 5 aromatic heterocycles. The van der Waals surface area contributed by atoms with E-state index in [1.54, 1.807) is 73.3 Å². The van der Waals surface area contributed by atoms with Gasteiger partial charge in [-0.05, 0) is 104 Å². The molecule has 129 heavy (non-hydrogen) atoms. The number of ether oxygens (including phenoxy) is 1. The molecule has 0 aliphatic carbocycles. The summed E-state index contributed by atoms with van der Waals surface area (Å²) in [5.41, 5.74) is 6.44. The van der Waals surface area contributed by atoms with E-state index in [0.717, 1.165) is 16.8 Å². The Morgan fingerprint density at radius 3 is 1.09 bits per heavy atom. The molecule has 0 spiro atoms. The number of nitrogens with zero attached hydrogens (tertiary/aromatic N) is 5. The van der Waals surface area contributed by atoms with Crippen LogP contribution < -0.4 is 52.9 Å². The number of para-hydroxylation sites is 1. The molecule has 0 saturated carbocycles. The van der Waals surface area contributed by atoms with E-state index in [1.807, 2.05) is 221 Å². The van der Waals surface area contributed by atoms with Gasteiger partial charge in [-0.1, -0.05) is 151 Å². The van der Waals surface area contributed by atoms with E-state index >= 15 is 0 Å². The first kappa shape index (κ1) is 121. The third-order valence-electron chi connectivity index (χ3n) is 13.2. The predicted octanol–water partition coefficient (Wildman–Crippen LogP) is 26.6. The normalized spacial score (nSPS) is 13.8. The van der Waals surface area contributed by atoms with Gasteiger partial charge in [-0.25, -0.2) is 13.2 Å². The van der Waals surface area contributed by atoms with Crippen molar-refractivity contribution >= 4 is 88.6 Å². The van der Waals surface area contributed by atoms with E-state index in [-0.39, 0.29) is 28.3 Å². The number of halogens is 30. The number of carbonyl (C=O) groups is 3. The molecule has 0 aliphatic rings. The van der Waals surface area contributed by atoms with Crippen LogP contribution in [0.25, 0.3) is 21.7 Å². The Morgan fingerprint density at radius 1 is 0.357 bits per heavy atom. The monoisotopic (exact) mass is 2030 g/mol. The summed E-state index contributed by atoms with van der Waals surface area (Å²) in [6.45, 7) is 27.0. The summed E-state index contributed by atoms with van der Waals surface area (Å²) in [5, 5.41) is 13.7. The van der Waals surface area contributed by atoms with Crippen LogP contribution in [0.15, 0.2) is 243 Å². The number of aliphatic carboxylic acids is 1. The van der Waals surface area contributed by atoms with E-state index in [2.05, 4.69) is 38.1 Å². The third-order valence-corrected chi connectivity index (χ3v) is 14.2. The number of pyridine rings is 5. The summed E-state index contributed by atoms with van der Waals surface area (Å²) in [6, 6.07) is 59.2. The van der Waals surface area contributed by atoms with Crippen LogP contribution in [0.1, 0.15) is 143 Å². The molecule has 5 heterocycles. The van der Waals surface area contributed by atoms with Crippen LogP contribution in [0.2, 0.25) is 0 Å². The standard InChI is InChI=1S/C15H24O3S.C12H12NO.2C11H12NO.C10H14NO3.C8H12NO.C8H6O3.5F6P/c1-9(2)12-7-13(10(3)4)15(19(16,17)18)14(8-12)11(5)6;1-3-7-12(8-4-1)11-14-13-9-5-2-6-10-13;1-2-13-12-9-5-7-10-6-3-4-8-11(10)12;1-2-13-12-8-7-10-5-3-4-6-11(10)9-12;1-3-13-10(12)9-5-7-11(8-6-9)14-4-2;1-3-10-9-7-5-4-6-8(9)2;9-7(8(10)11)6-4-2-1-3-5-6;5*1-7(2,3,4,5)6/h7-11H,1-6H3,(H,16,17,18);1-10H,11H2;2*3-9H,2H2,1H3;5-8H,3-4H2,1-2H3;4-7H,3H2,1-2H3;1-5H,(H,10,11);;;;;/q;5*+1;;5*-1/p-2. The van der Waals surface area contributed by atoms with Gasteiger partial charge >= 0.3 is 171 Å². The van der Waals surface area contributed by atoms with Crippen molar-refractivity contribution in [2.45, 2.75) is 112 Å². The number of ketones is 1. The van der Waals surface area contributed by atoms with Crippen molar-refractivity contribution in [3.63, 3.8) is 0 Å². The minimum atomic E-state index is -10.7. The van der Waals surface area contributed by atoms with E-state index in [4.69, 9.17) is 28.9 Å². The van der Waals surface area contributed by atoms with E-state index < -0.39 is 60.9 Å². The van der Waals surface area contributed by atoms with Gasteiger partial charge < -0.3 is 19.2 Å². The molecule has 0 saturated heterocycles. The molecule has 0 amide bonds. The zero-order valence-electron chi connectivity index (χ0n) is 69.5. The van der Waals surface area contributed by atoms with Gasteiger partial charge in [-0.15, -0.1) is 0 Å². The quantitative estimate of drug-likeness (QED) is 0.0141. The van der Waals surface area contributed by atoms with Crippen LogP contribution in [0, 0.1) is 6.92 Å². The second kappa shape index (κ2) is 44.2. The average molecular weight is 2030 g/mol. The first-order valence-electron chi connectivity index (χ1n) is 36.3. The van der Waals surface area contributed by atoms with Crippen LogP contribution >= 0.6 is 39.0 Å². The number of carbonyl (C=O) groups excluding carboxylic acids is 3. The van der Waals surface area contributed by atoms with Gasteiger partial charge in [0.25, 0.3) is 5.52 Å². The van der Waals surface area contributed by atoms with Crippen molar-refractivity contribution in [3.05, 3.63) is 277 Å². The molecule has 5 aromatic carbocycles. The van der Waals surface area contributed by atoms with Crippen LogP contribution in [0.5, 0.6) is 0 Å². The Labute approximate surface area is 718 Å². The van der Waals surface area contributed by atoms with Gasteiger partial charge in [0.2, 0.25) is 61.1 Å². The van der Waals surface area contributed by atoms with Gasteiger partial charge in [-0.3, -0.25) is 29.0 Å². The molecule has 0 N–H and O–H groups in total. The molecule has 0 bridgehead atoms. The van der Waals surface area contributed by atoms with Gasteiger partial charge in [0.1, 0.15) is 16.1 Å². The number of aromatic nitrogens is 5. The van der Waals surface area contributed by atoms with Gasteiger partial charge in [0.15, 0.2) is 33.0 Å². The second-order valence-electron chi connectivity index (χ2n) is 26.0. The molecule has 0 fully saturated rings. The zero-order valence-corrected chi connectivity index (χ0v) is 74.8. The molecule has 736 valence electrons. The van der Waals surface area contributed by atoms with E-state index in [0.29, 0.717) is 62.2 Å². The average Bonchev–Trinajstić information content (AvgIpc) is 0.716. The number of hydrogen-bond donors (Lipinski definition) is 0. The molecule has 0 radical (unpaired) electrons. The molecule has 10 aromatic rings. The maximum Gasteiger partial charge on any atom is 0.222 e. The minimum absolute atomic E-state index is 0.00919. The smallest absolute Gasteiger partial charge is 0.222 e. The molecule has 0 atom stereocenters. The van der Waals surface area contributed by atoms with E-state index in [9.17, 15) is 158 Å². The van der Waals surface area contributed by atoms with Crippen LogP contribution in [-0.4, -0.2) is 63.7 Å². The van der Waals surface area contributed by atoms with Crippen molar-refractivity contribution in [3.8, 4) is 0 Å². The summed E-state index contributed by atoms with van der Waals surface area (Å²) in [5.74, 6) is -2.64. The second-order valence-corrected chi connectivity index (χ2v) is 36.9. The number of Topliss-reactive ketones (excluding diaryl/α,β-unsaturated/α-hetero) is 1. The van der Waals surface area contributed by atoms with Gasteiger partial charge in [0, 0.05) is 90.7 Å². The fourth-order valence-corrected chi connectivity index (χ4v) is 9.77. The predicted molar refractivity (Wildman–Crippen MR) is 424 cm³/mol. The Kier molecular flexibility index (Phi) is 41.5. The molecule has 10 rings (SSSR count). The van der Waals surface area contributed by atoms with Crippen molar-refractivity contribution in [1.29, 1.82) is 0 Å². The number of rotatable bonds is 19. The Hall–Kier alpha value is -10.1. The summed E-state index contributed by atoms with van der Waals surface area (Å²) >= 11 is 0. The van der Waals surface area contributed by atoms with Crippen molar-refractivity contribution in [2.24, 2.45) is 0 Å². The topological polar surface area (TPSA) is 206 Å². The van der Waals surface area contributed by atoms with Crippen molar-refractivity contribution < 1.29 is 211 Å². The number of carboxylic acids is 1. The Morgan fingerprint density at radius 2 is 0.698 bits per heavy atom. The van der Waals surface area contributed by atoms with Gasteiger partial charge in [-0.2, -0.15) is 0 Å². The minimum Gasteiger partial charge on any atom is -0.541 e. The zero-order chi connectivity index (χ0) is 101. The maximum atomic E-state index is 11.6. The van der Waals surface area contributed by atoms with E-state index in [1.165, 1.54) is 33.9 Å². The first-order chi connectivity index (χ1) is 57.4. The van der Waals surface area contributed by atoms with Crippen LogP contribution in [0.4, 0.5) is 126 Å². The summed E-state index contributed by atoms with van der Waals surface area (Å²) in [6.07, 6.45) is 14.8. The number of hydrogen-bond acceptors (Lipinski definition) is 13. The molecule has 18 nitrogen and oxygen atoms in total. The number of esters is 1. The number of aryl methyl sites for hydroxylation is 1. The van der Waals surface area contributed by atoms with Crippen molar-refractivity contribution in [1.82, 2.24) is 0 Å². The van der Waals surface area contributed by atoms with Crippen molar-refractivity contribution in [2.75, 3.05) is 33.0 Å². The van der Waals surface area contributed by atoms with Gasteiger partial charge in [0.05, 0.1) is 27.8 Å². The molecule has 54 heteroatoms. The molecular weight excluding hydrogens is 1940 g/mol. The van der Waals surface area contributed by atoms with Crippen LogP contribution in [0.3, 0.4) is 0 Å². The SMILES string of the molecule is CC(C)c1cc(C(C)C)c(S(=O)(=O)[O-])c(C(C)C)c1.CCOC(=O)c1cc[n+](OCC)cc1.CCO[n+]1ccc2ccccc2c1.CCO[n+]1cccc2ccccc21.CCO[n+]1ccccc1C.F[P-](F)(F)(F)(F)F.F[P-](F)(F)(F)(F)F.F[P-](F)(F)(F)(F)F.F[P-](F)(F)(F)(F)F.F[P-](F)(F)(F)(F)F.O=C([O-])C(=O)c1ccccc1.c1ccc(CO[n+]2ccccc2)cc1. The number of benzene rings is 5. The third kappa shape index (κ3) is 78.7. The molecule has 0 unspecified atom stereocenters. The number of carboxylic acid groups (broad SMARTS) is 1.